The summed E-state index contributed by atoms with van der Waals surface area (Å²) in [4.78, 5) is 0.0780. The Labute approximate surface area is 102 Å². The number of hydrogen-bond acceptors (Lipinski definition) is 3. The lowest BCUT2D eigenvalue weighted by Gasteiger charge is -2.13. The smallest absolute Gasteiger partial charge is 0.238 e. The fraction of sp³-hybridized carbons (Fsp3) is 0.333. The summed E-state index contributed by atoms with van der Waals surface area (Å²) < 4.78 is 27.8. The minimum atomic E-state index is -3.69. The highest BCUT2D eigenvalue weighted by Gasteiger charge is 2.14. The van der Waals surface area contributed by atoms with Crippen LogP contribution in [0.25, 0.3) is 0 Å². The van der Waals surface area contributed by atoms with Crippen LogP contribution in [0.1, 0.15) is 25.3 Å². The Hall–Kier alpha value is -1.51. The van der Waals surface area contributed by atoms with Crippen LogP contribution in [0.3, 0.4) is 0 Å². The number of benzene rings is 1. The molecule has 0 radical (unpaired) electrons. The maximum Gasteiger partial charge on any atom is 0.238 e. The highest BCUT2D eigenvalue weighted by atomic mass is 32.2. The van der Waals surface area contributed by atoms with E-state index in [1.54, 1.807) is 6.07 Å². The van der Waals surface area contributed by atoms with Crippen molar-refractivity contribution >= 4 is 10.0 Å². The van der Waals surface area contributed by atoms with E-state index in [0.29, 0.717) is 5.75 Å². The van der Waals surface area contributed by atoms with Gasteiger partial charge in [0.2, 0.25) is 10.0 Å². The molecule has 0 amide bonds. The highest BCUT2D eigenvalue weighted by Crippen LogP contribution is 2.28. The lowest BCUT2D eigenvalue weighted by molar-refractivity contribution is 0.364. The molecule has 0 atom stereocenters. The molecule has 1 rings (SSSR count). The first-order valence-corrected chi connectivity index (χ1v) is 6.64. The monoisotopic (exact) mass is 253 g/mol. The second-order valence-corrected chi connectivity index (χ2v) is 5.45. The van der Waals surface area contributed by atoms with Crippen molar-refractivity contribution in [3.05, 3.63) is 23.8 Å². The standard InChI is InChI=1S/C12H15NO3S/c1-4-7-16-12-6-5-10(17(13,14)15)8-11(12)9(2)3/h1,5-6,8-9H,7H2,2-3H3,(H2,13,14,15). The second kappa shape index (κ2) is 5.21. The molecular formula is C12H15NO3S. The zero-order valence-corrected chi connectivity index (χ0v) is 10.6. The maximum absolute atomic E-state index is 11.2. The van der Waals surface area contributed by atoms with Gasteiger partial charge in [-0.15, -0.1) is 6.42 Å². The third kappa shape index (κ3) is 3.48. The van der Waals surface area contributed by atoms with E-state index in [1.807, 2.05) is 13.8 Å². The molecule has 1 aromatic rings. The number of nitrogens with two attached hydrogens (primary N) is 1. The molecule has 4 nitrogen and oxygen atoms in total. The van der Waals surface area contributed by atoms with Crippen LogP contribution in [0.2, 0.25) is 0 Å². The number of sulfonamides is 1. The number of hydrogen-bond donors (Lipinski definition) is 1. The van der Waals surface area contributed by atoms with Gasteiger partial charge in [0.25, 0.3) is 0 Å². The first-order chi connectivity index (χ1) is 7.86. The molecule has 0 unspecified atom stereocenters. The molecule has 0 aliphatic heterocycles. The van der Waals surface area contributed by atoms with Crippen molar-refractivity contribution in [1.29, 1.82) is 0 Å². The SMILES string of the molecule is C#CCOc1ccc(S(N)(=O)=O)cc1C(C)C. The van der Waals surface area contributed by atoms with Gasteiger partial charge >= 0.3 is 0 Å². The lowest BCUT2D eigenvalue weighted by atomic mass is 10.0. The Kier molecular flexibility index (Phi) is 4.16. The fourth-order valence-electron chi connectivity index (χ4n) is 1.41. The molecule has 0 heterocycles. The van der Waals surface area contributed by atoms with Crippen LogP contribution < -0.4 is 9.88 Å². The molecule has 17 heavy (non-hydrogen) atoms. The van der Waals surface area contributed by atoms with Gasteiger partial charge in [0, 0.05) is 0 Å². The zero-order valence-electron chi connectivity index (χ0n) is 9.80. The first-order valence-electron chi connectivity index (χ1n) is 5.09. The normalized spacial score (nSPS) is 11.2. The topological polar surface area (TPSA) is 69.4 Å². The van der Waals surface area contributed by atoms with Crippen LogP contribution in [-0.2, 0) is 10.0 Å². The van der Waals surface area contributed by atoms with E-state index < -0.39 is 10.0 Å². The molecule has 0 bridgehead atoms. The number of rotatable bonds is 4. The van der Waals surface area contributed by atoms with E-state index in [0.717, 1.165) is 5.56 Å². The fourth-order valence-corrected chi connectivity index (χ4v) is 1.95. The Morgan fingerprint density at radius 2 is 2.12 bits per heavy atom. The van der Waals surface area contributed by atoms with E-state index >= 15 is 0 Å². The third-order valence-corrected chi connectivity index (χ3v) is 3.15. The minimum Gasteiger partial charge on any atom is -0.481 e. The summed E-state index contributed by atoms with van der Waals surface area (Å²) in [6, 6.07) is 4.51. The van der Waals surface area contributed by atoms with Crippen molar-refractivity contribution in [1.82, 2.24) is 0 Å². The van der Waals surface area contributed by atoms with Crippen molar-refractivity contribution in [2.45, 2.75) is 24.7 Å². The van der Waals surface area contributed by atoms with E-state index in [9.17, 15) is 8.42 Å². The molecule has 1 aromatic carbocycles. The predicted octanol–water partition coefficient (Wildman–Crippen LogP) is 1.47. The van der Waals surface area contributed by atoms with Crippen LogP contribution >= 0.6 is 0 Å². The van der Waals surface area contributed by atoms with Crippen molar-refractivity contribution in [3.8, 4) is 18.1 Å². The van der Waals surface area contributed by atoms with Crippen LogP contribution in [0.5, 0.6) is 5.75 Å². The highest BCUT2D eigenvalue weighted by molar-refractivity contribution is 7.89. The Morgan fingerprint density at radius 1 is 1.47 bits per heavy atom. The summed E-state index contributed by atoms with van der Waals surface area (Å²) in [5, 5.41) is 5.08. The zero-order chi connectivity index (χ0) is 13.1. The van der Waals surface area contributed by atoms with Crippen molar-refractivity contribution in [2.75, 3.05) is 6.61 Å². The maximum atomic E-state index is 11.2. The van der Waals surface area contributed by atoms with Crippen molar-refractivity contribution in [2.24, 2.45) is 5.14 Å². The minimum absolute atomic E-state index is 0.0780. The molecule has 2 N–H and O–H groups in total. The molecule has 0 aromatic heterocycles. The van der Waals surface area contributed by atoms with Crippen molar-refractivity contribution < 1.29 is 13.2 Å². The molecule has 0 aliphatic carbocycles. The van der Waals surface area contributed by atoms with Gasteiger partial charge in [-0.1, -0.05) is 19.8 Å². The van der Waals surface area contributed by atoms with Gasteiger partial charge in [0.05, 0.1) is 4.90 Å². The molecular weight excluding hydrogens is 238 g/mol. The van der Waals surface area contributed by atoms with Gasteiger partial charge in [-0.25, -0.2) is 13.6 Å². The average Bonchev–Trinajstić information content (AvgIpc) is 2.24. The van der Waals surface area contributed by atoms with Gasteiger partial charge in [0.1, 0.15) is 12.4 Å². The first kappa shape index (κ1) is 13.6. The number of terminal acetylenes is 1. The molecule has 5 heteroatoms. The Bertz CT molecular complexity index is 541. The predicted molar refractivity (Wildman–Crippen MR) is 66.2 cm³/mol. The number of primary sulfonamides is 1. The van der Waals surface area contributed by atoms with Gasteiger partial charge in [0.15, 0.2) is 0 Å². The van der Waals surface area contributed by atoms with Crippen molar-refractivity contribution in [3.63, 3.8) is 0 Å². The Morgan fingerprint density at radius 3 is 2.59 bits per heavy atom. The third-order valence-electron chi connectivity index (χ3n) is 2.24. The van der Waals surface area contributed by atoms with Crippen LogP contribution in [-0.4, -0.2) is 15.0 Å². The van der Waals surface area contributed by atoms with E-state index in [1.165, 1.54) is 12.1 Å². The molecule has 0 spiro atoms. The van der Waals surface area contributed by atoms with Crippen LogP contribution in [0.15, 0.2) is 23.1 Å². The quantitative estimate of drug-likeness (QED) is 0.826. The summed E-state index contributed by atoms with van der Waals surface area (Å²) in [6.07, 6.45) is 5.11. The van der Waals surface area contributed by atoms with E-state index in [-0.39, 0.29) is 17.4 Å². The summed E-state index contributed by atoms with van der Waals surface area (Å²) in [5.41, 5.74) is 0.770. The molecule has 0 fully saturated rings. The van der Waals surface area contributed by atoms with Gasteiger partial charge in [-0.05, 0) is 29.7 Å². The van der Waals surface area contributed by atoms with E-state index in [2.05, 4.69) is 5.92 Å². The summed E-state index contributed by atoms with van der Waals surface area (Å²) in [5.74, 6) is 3.07. The molecule has 0 saturated carbocycles. The molecule has 0 saturated heterocycles. The largest absolute Gasteiger partial charge is 0.481 e. The van der Waals surface area contributed by atoms with Gasteiger partial charge in [-0.2, -0.15) is 0 Å². The lowest BCUT2D eigenvalue weighted by Crippen LogP contribution is -2.13. The summed E-state index contributed by atoms with van der Waals surface area (Å²) >= 11 is 0. The van der Waals surface area contributed by atoms with Crippen LogP contribution in [0.4, 0.5) is 0 Å². The molecule has 0 aliphatic rings. The summed E-state index contributed by atoms with van der Waals surface area (Å²) in [7, 11) is -3.69. The van der Waals surface area contributed by atoms with Gasteiger partial charge < -0.3 is 4.74 Å². The second-order valence-electron chi connectivity index (χ2n) is 3.89. The number of ether oxygens (including phenoxy) is 1. The summed E-state index contributed by atoms with van der Waals surface area (Å²) in [6.45, 7) is 4.02. The van der Waals surface area contributed by atoms with E-state index in [4.69, 9.17) is 16.3 Å². The van der Waals surface area contributed by atoms with Gasteiger partial charge in [-0.3, -0.25) is 0 Å². The Balaban J connectivity index is 3.23. The van der Waals surface area contributed by atoms with Crippen LogP contribution in [0, 0.1) is 12.3 Å². The average molecular weight is 253 g/mol. The molecule has 92 valence electrons.